The van der Waals surface area contributed by atoms with Crippen LogP contribution in [0.15, 0.2) is 0 Å². The zero-order chi connectivity index (χ0) is 17.9. The van der Waals surface area contributed by atoms with Gasteiger partial charge in [-0.15, -0.1) is 0 Å². The summed E-state index contributed by atoms with van der Waals surface area (Å²) in [5, 5.41) is 0. The molecule has 0 radical (unpaired) electrons. The Morgan fingerprint density at radius 2 is 0.957 bits per heavy atom. The van der Waals surface area contributed by atoms with E-state index in [0.717, 1.165) is 0 Å². The van der Waals surface area contributed by atoms with Crippen molar-refractivity contribution in [2.45, 2.75) is 24.5 Å². The molecule has 0 aliphatic heterocycles. The Morgan fingerprint density at radius 1 is 0.652 bits per heavy atom. The Balaban J connectivity index is 5.77. The maximum Gasteiger partial charge on any atom is 0.504 e. The van der Waals surface area contributed by atoms with Gasteiger partial charge in [-0.1, -0.05) is 0 Å². The minimum Gasteiger partial charge on any atom is -0.377 e. The SMILES string of the molecule is CCOC(OCC)[SiH2]C([Si](OC)(OC)OC)[Si](OC)(OC)OC. The van der Waals surface area contributed by atoms with Gasteiger partial charge in [-0.25, -0.2) is 0 Å². The molecular formula is C12H32O8Si3. The van der Waals surface area contributed by atoms with Crippen molar-refractivity contribution in [1.29, 1.82) is 0 Å². The van der Waals surface area contributed by atoms with Crippen molar-refractivity contribution in [2.75, 3.05) is 55.9 Å². The lowest BCUT2D eigenvalue weighted by Crippen LogP contribution is -2.65. The van der Waals surface area contributed by atoms with E-state index in [0.29, 0.717) is 13.2 Å². The molecule has 0 unspecified atom stereocenters. The van der Waals surface area contributed by atoms with Gasteiger partial charge in [0.2, 0.25) is 0 Å². The fraction of sp³-hybridized carbons (Fsp3) is 1.00. The second-order valence-corrected chi connectivity index (χ2v) is 15.0. The monoisotopic (exact) mass is 388 g/mol. The van der Waals surface area contributed by atoms with E-state index < -0.39 is 27.1 Å². The van der Waals surface area contributed by atoms with Gasteiger partial charge in [-0.05, 0) is 13.8 Å². The summed E-state index contributed by atoms with van der Waals surface area (Å²) in [7, 11) is 2.12. The first-order valence-electron chi connectivity index (χ1n) is 7.53. The highest BCUT2D eigenvalue weighted by Crippen LogP contribution is 2.35. The van der Waals surface area contributed by atoms with Crippen LogP contribution in [-0.2, 0) is 36.0 Å². The van der Waals surface area contributed by atoms with Crippen LogP contribution < -0.4 is 0 Å². The summed E-state index contributed by atoms with van der Waals surface area (Å²) >= 11 is 0. The molecule has 140 valence electrons. The van der Waals surface area contributed by atoms with Crippen LogP contribution in [0.4, 0.5) is 0 Å². The van der Waals surface area contributed by atoms with E-state index >= 15 is 0 Å². The van der Waals surface area contributed by atoms with E-state index in [1.54, 1.807) is 42.7 Å². The zero-order valence-electron chi connectivity index (χ0n) is 15.5. The number of hydrogen-bond acceptors (Lipinski definition) is 8. The van der Waals surface area contributed by atoms with Gasteiger partial charge in [0.25, 0.3) is 0 Å². The third-order valence-corrected chi connectivity index (χ3v) is 16.7. The summed E-state index contributed by atoms with van der Waals surface area (Å²) in [6.07, 6.45) is 0. The smallest absolute Gasteiger partial charge is 0.377 e. The maximum atomic E-state index is 5.72. The van der Waals surface area contributed by atoms with Crippen LogP contribution in [0.3, 0.4) is 0 Å². The summed E-state index contributed by atoms with van der Waals surface area (Å²) in [5.41, 5.74) is 0. The second-order valence-electron chi connectivity index (χ2n) is 4.56. The van der Waals surface area contributed by atoms with Crippen LogP contribution >= 0.6 is 0 Å². The minimum atomic E-state index is -3.08. The lowest BCUT2D eigenvalue weighted by Gasteiger charge is -2.40. The van der Waals surface area contributed by atoms with Crippen molar-refractivity contribution in [3.63, 3.8) is 0 Å². The molecule has 0 aromatic carbocycles. The summed E-state index contributed by atoms with van der Waals surface area (Å²) < 4.78 is 45.5. The molecule has 0 amide bonds. The van der Waals surface area contributed by atoms with E-state index in [9.17, 15) is 0 Å². The lowest BCUT2D eigenvalue weighted by molar-refractivity contribution is -0.0835. The quantitative estimate of drug-likeness (QED) is 0.307. The molecule has 0 saturated heterocycles. The zero-order valence-corrected chi connectivity index (χ0v) is 19.0. The van der Waals surface area contributed by atoms with Crippen LogP contribution in [0.2, 0.25) is 4.79 Å². The summed E-state index contributed by atoms with van der Waals surface area (Å²) in [6.45, 7) is 4.95. The molecule has 23 heavy (non-hydrogen) atoms. The van der Waals surface area contributed by atoms with Gasteiger partial charge in [0.15, 0.2) is 0 Å². The Kier molecular flexibility index (Phi) is 12.0. The average molecular weight is 389 g/mol. The van der Waals surface area contributed by atoms with Crippen LogP contribution in [0, 0.1) is 0 Å². The Bertz CT molecular complexity index is 260. The molecule has 0 fully saturated rings. The van der Waals surface area contributed by atoms with Crippen molar-refractivity contribution in [2.24, 2.45) is 0 Å². The number of rotatable bonds is 14. The second kappa shape index (κ2) is 11.8. The van der Waals surface area contributed by atoms with Crippen LogP contribution in [0.25, 0.3) is 0 Å². The fourth-order valence-corrected chi connectivity index (χ4v) is 16.8. The average Bonchev–Trinajstić information content (AvgIpc) is 2.59. The molecule has 0 aliphatic carbocycles. The Labute approximate surface area is 144 Å². The lowest BCUT2D eigenvalue weighted by atomic mass is 10.9. The highest BCUT2D eigenvalue weighted by atomic mass is 28.5. The molecule has 0 rings (SSSR count). The highest BCUT2D eigenvalue weighted by molar-refractivity contribution is 6.93. The highest BCUT2D eigenvalue weighted by Gasteiger charge is 2.64. The van der Waals surface area contributed by atoms with Gasteiger partial charge in [-0.2, -0.15) is 0 Å². The van der Waals surface area contributed by atoms with Gasteiger partial charge in [0.05, 0.1) is 4.79 Å². The van der Waals surface area contributed by atoms with Crippen molar-refractivity contribution < 1.29 is 36.0 Å². The topological polar surface area (TPSA) is 73.8 Å². The van der Waals surface area contributed by atoms with Gasteiger partial charge in [0.1, 0.15) is 15.4 Å². The standard InChI is InChI=1S/C12H32O8Si3/c1-9-19-11(20-10-2)21-12(22(13-3,14-4)15-5)23(16-6,17-7)18-8/h11-12H,9-10,21H2,1-8H3. The number of hydrogen-bond donors (Lipinski definition) is 0. The van der Waals surface area contributed by atoms with Gasteiger partial charge in [0, 0.05) is 55.9 Å². The molecule has 0 bridgehead atoms. The molecule has 8 nitrogen and oxygen atoms in total. The predicted octanol–water partition coefficient (Wildman–Crippen LogP) is 0.135. The molecule has 0 aliphatic rings. The normalized spacial score (nSPS) is 13.8. The molecule has 0 atom stereocenters. The molecule has 0 aromatic rings. The molecule has 11 heteroatoms. The number of ether oxygens (including phenoxy) is 2. The molecule has 0 N–H and O–H groups in total. The summed E-state index contributed by atoms with van der Waals surface area (Å²) in [6, 6.07) is 0. The minimum absolute atomic E-state index is 0.266. The van der Waals surface area contributed by atoms with Crippen molar-refractivity contribution in [3.05, 3.63) is 0 Å². The molecule has 0 heterocycles. The Morgan fingerprint density at radius 3 is 1.17 bits per heavy atom. The third-order valence-electron chi connectivity index (χ3n) is 3.69. The van der Waals surface area contributed by atoms with Gasteiger partial charge in [-0.3, -0.25) is 0 Å². The first-order valence-corrected chi connectivity index (χ1v) is 12.8. The summed E-state index contributed by atoms with van der Waals surface area (Å²) in [5.74, 6) is -0.324. The van der Waals surface area contributed by atoms with E-state index in [-0.39, 0.29) is 10.7 Å². The van der Waals surface area contributed by atoms with E-state index in [1.165, 1.54) is 0 Å². The Hall–Kier alpha value is 0.331. The van der Waals surface area contributed by atoms with E-state index in [2.05, 4.69) is 0 Å². The molecule has 0 spiro atoms. The summed E-state index contributed by atoms with van der Waals surface area (Å²) in [4.78, 5) is -0.266. The van der Waals surface area contributed by atoms with Crippen molar-refractivity contribution in [1.82, 2.24) is 0 Å². The third kappa shape index (κ3) is 5.67. The van der Waals surface area contributed by atoms with E-state index in [4.69, 9.17) is 36.0 Å². The first kappa shape index (κ1) is 23.3. The maximum absolute atomic E-state index is 5.72. The van der Waals surface area contributed by atoms with Gasteiger partial charge >= 0.3 is 17.6 Å². The largest absolute Gasteiger partial charge is 0.504 e. The van der Waals surface area contributed by atoms with Crippen LogP contribution in [0.1, 0.15) is 13.8 Å². The van der Waals surface area contributed by atoms with Crippen molar-refractivity contribution in [3.8, 4) is 0 Å². The molecular weight excluding hydrogens is 356 g/mol. The van der Waals surface area contributed by atoms with Crippen LogP contribution in [0.5, 0.6) is 0 Å². The molecule has 0 saturated carbocycles. The van der Waals surface area contributed by atoms with Gasteiger partial charge < -0.3 is 36.0 Å². The fourth-order valence-electron chi connectivity index (χ4n) is 2.61. The first-order chi connectivity index (χ1) is 11.0. The van der Waals surface area contributed by atoms with Crippen LogP contribution in [-0.4, -0.2) is 88.9 Å². The van der Waals surface area contributed by atoms with Crippen molar-refractivity contribution >= 4 is 27.1 Å². The predicted molar refractivity (Wildman–Crippen MR) is 92.9 cm³/mol. The van der Waals surface area contributed by atoms with E-state index in [1.807, 2.05) is 13.8 Å². The molecule has 0 aromatic heterocycles.